The first-order chi connectivity index (χ1) is 13.7. The molecule has 2 aromatic rings. The van der Waals surface area contributed by atoms with E-state index >= 15 is 0 Å². The van der Waals surface area contributed by atoms with Crippen LogP contribution in [0.4, 0.5) is 4.79 Å². The van der Waals surface area contributed by atoms with Crippen LogP contribution in [0.3, 0.4) is 0 Å². The van der Waals surface area contributed by atoms with Crippen molar-refractivity contribution in [2.45, 2.75) is 63.7 Å². The van der Waals surface area contributed by atoms with Crippen molar-refractivity contribution >= 4 is 15.9 Å². The molecule has 11 heteroatoms. The summed E-state index contributed by atoms with van der Waals surface area (Å²) in [4.78, 5) is 13.9. The third-order valence-electron chi connectivity index (χ3n) is 4.47. The second kappa shape index (κ2) is 8.46. The second-order valence-electron chi connectivity index (χ2n) is 7.34. The highest BCUT2D eigenvalue weighted by atomic mass is 32.2. The molecule has 0 saturated carbocycles. The Balaban J connectivity index is 1.58. The van der Waals surface area contributed by atoms with Crippen molar-refractivity contribution in [1.29, 1.82) is 0 Å². The lowest BCUT2D eigenvalue weighted by molar-refractivity contribution is 0.0439. The van der Waals surface area contributed by atoms with Crippen LogP contribution in [-0.2, 0) is 19.3 Å². The first-order valence-electron chi connectivity index (χ1n) is 9.41. The highest BCUT2D eigenvalue weighted by Crippen LogP contribution is 2.29. The van der Waals surface area contributed by atoms with Crippen molar-refractivity contribution in [1.82, 2.24) is 25.1 Å². The predicted molar refractivity (Wildman–Crippen MR) is 103 cm³/mol. The summed E-state index contributed by atoms with van der Waals surface area (Å²) < 4.78 is 37.2. The lowest BCUT2D eigenvalue weighted by Crippen LogP contribution is -2.42. The fourth-order valence-corrected chi connectivity index (χ4v) is 4.37. The Labute approximate surface area is 169 Å². The van der Waals surface area contributed by atoms with Crippen LogP contribution in [0.1, 0.15) is 34.1 Å². The van der Waals surface area contributed by atoms with Crippen LogP contribution in [0.15, 0.2) is 35.5 Å². The highest BCUT2D eigenvalue weighted by Gasteiger charge is 2.44. The van der Waals surface area contributed by atoms with E-state index in [0.717, 1.165) is 0 Å². The smallest absolute Gasteiger partial charge is 0.412 e. The number of rotatable bonds is 8. The molecule has 1 aromatic heterocycles. The van der Waals surface area contributed by atoms with Crippen LogP contribution in [-0.4, -0.2) is 69.8 Å². The van der Waals surface area contributed by atoms with Crippen molar-refractivity contribution in [3.63, 3.8) is 0 Å². The van der Waals surface area contributed by atoms with E-state index in [4.69, 9.17) is 9.47 Å². The molecule has 0 bridgehead atoms. The normalized spacial score (nSPS) is 18.8. The molecule has 2 atom stereocenters. The van der Waals surface area contributed by atoms with Crippen molar-refractivity contribution in [2.75, 3.05) is 5.75 Å². The molecule has 1 aromatic carbocycles. The molecular formula is C18H25N5O5S. The predicted octanol–water partition coefficient (Wildman–Crippen LogP) is 1.81. The minimum absolute atomic E-state index is 0.0167. The van der Waals surface area contributed by atoms with Crippen molar-refractivity contribution in [2.24, 2.45) is 0 Å². The molecule has 0 unspecified atom stereocenters. The molecule has 1 aliphatic rings. The summed E-state index contributed by atoms with van der Waals surface area (Å²) in [6.45, 7) is 7.60. The van der Waals surface area contributed by atoms with E-state index in [1.165, 1.54) is 4.68 Å². The number of epoxide rings is 1. The Bertz CT molecular complexity index is 937. The van der Waals surface area contributed by atoms with Gasteiger partial charge in [0.1, 0.15) is 6.10 Å². The van der Waals surface area contributed by atoms with Gasteiger partial charge in [0.05, 0.1) is 11.4 Å². The molecule has 1 amide bonds. The Morgan fingerprint density at radius 2 is 1.86 bits per heavy atom. The van der Waals surface area contributed by atoms with E-state index in [2.05, 4.69) is 15.5 Å². The lowest BCUT2D eigenvalue weighted by Gasteiger charge is -2.29. The maximum absolute atomic E-state index is 12.7. The molecule has 1 aliphatic heterocycles. The number of carbonyl (C=O) groups excluding carboxylic acids is 1. The van der Waals surface area contributed by atoms with E-state index < -0.39 is 28.3 Å². The van der Waals surface area contributed by atoms with E-state index in [1.54, 1.807) is 29.2 Å². The van der Waals surface area contributed by atoms with Gasteiger partial charge in [-0.3, -0.25) is 0 Å². The fraction of sp³-hybridized carbons (Fsp3) is 0.556. The molecule has 0 radical (unpaired) electrons. The summed E-state index contributed by atoms with van der Waals surface area (Å²) in [5.41, 5.74) is 0.549. The topological polar surface area (TPSA) is 120 Å². The van der Waals surface area contributed by atoms with Crippen molar-refractivity contribution in [3.8, 4) is 5.69 Å². The maximum atomic E-state index is 12.7. The number of hydrogen-bond donors (Lipinski definition) is 0. The van der Waals surface area contributed by atoms with Crippen molar-refractivity contribution in [3.05, 3.63) is 30.3 Å². The van der Waals surface area contributed by atoms with E-state index in [9.17, 15) is 13.2 Å². The number of sulfone groups is 1. The van der Waals surface area contributed by atoms with Gasteiger partial charge in [-0.1, -0.05) is 23.3 Å². The highest BCUT2D eigenvalue weighted by molar-refractivity contribution is 7.91. The van der Waals surface area contributed by atoms with Gasteiger partial charge < -0.3 is 14.4 Å². The monoisotopic (exact) mass is 423 g/mol. The summed E-state index contributed by atoms with van der Waals surface area (Å²) in [6.07, 6.45) is -1.50. The van der Waals surface area contributed by atoms with Gasteiger partial charge in [-0.2, -0.15) is 4.68 Å². The fourth-order valence-electron chi connectivity index (χ4n) is 3.08. The number of carbonyl (C=O) groups is 1. The minimum atomic E-state index is -3.75. The maximum Gasteiger partial charge on any atom is 0.412 e. The summed E-state index contributed by atoms with van der Waals surface area (Å²) in [6, 6.07) is 8.74. The average molecular weight is 423 g/mol. The molecule has 2 heterocycles. The van der Waals surface area contributed by atoms with Gasteiger partial charge in [0.15, 0.2) is 0 Å². The van der Waals surface area contributed by atoms with E-state index in [-0.39, 0.29) is 29.4 Å². The van der Waals surface area contributed by atoms with Crippen LogP contribution in [0.5, 0.6) is 0 Å². The first kappa shape index (κ1) is 21.2. The number of amides is 1. The Hall–Kier alpha value is -2.53. The number of tetrazole rings is 1. The summed E-state index contributed by atoms with van der Waals surface area (Å²) in [7, 11) is -3.75. The number of hydrogen-bond acceptors (Lipinski definition) is 8. The zero-order valence-electron chi connectivity index (χ0n) is 16.8. The third-order valence-corrected chi connectivity index (χ3v) is 6.05. The molecule has 158 valence electrons. The molecule has 1 fully saturated rings. The molecule has 1 saturated heterocycles. The van der Waals surface area contributed by atoms with Gasteiger partial charge >= 0.3 is 6.09 Å². The van der Waals surface area contributed by atoms with Gasteiger partial charge in [-0.25, -0.2) is 13.2 Å². The molecule has 0 spiro atoms. The van der Waals surface area contributed by atoms with Crippen LogP contribution in [0.2, 0.25) is 0 Å². The molecule has 10 nitrogen and oxygen atoms in total. The molecule has 0 aliphatic carbocycles. The number of aromatic nitrogens is 4. The quantitative estimate of drug-likeness (QED) is 0.590. The number of benzene rings is 1. The minimum Gasteiger partial charge on any atom is -0.417 e. The van der Waals surface area contributed by atoms with Gasteiger partial charge in [-0.15, -0.1) is 0 Å². The average Bonchev–Trinajstić information content (AvgIpc) is 3.18. The molecule has 0 N–H and O–H groups in total. The lowest BCUT2D eigenvalue weighted by atomic mass is 10.2. The summed E-state index contributed by atoms with van der Waals surface area (Å²) in [5, 5.41) is 10.7. The van der Waals surface area contributed by atoms with Crippen LogP contribution in [0.25, 0.3) is 5.69 Å². The van der Waals surface area contributed by atoms with Gasteiger partial charge in [-0.05, 0) is 56.7 Å². The molecule has 29 heavy (non-hydrogen) atoms. The Morgan fingerprint density at radius 1 is 1.21 bits per heavy atom. The Morgan fingerprint density at radius 3 is 2.48 bits per heavy atom. The van der Waals surface area contributed by atoms with Crippen LogP contribution >= 0.6 is 0 Å². The van der Waals surface area contributed by atoms with Gasteiger partial charge in [0.2, 0.25) is 16.1 Å². The third kappa shape index (κ3) is 4.91. The Kier molecular flexibility index (Phi) is 6.18. The van der Waals surface area contributed by atoms with Crippen LogP contribution in [0, 0.1) is 0 Å². The zero-order chi connectivity index (χ0) is 21.2. The number of para-hydroxylation sites is 1. The van der Waals surface area contributed by atoms with Crippen LogP contribution < -0.4 is 0 Å². The SMILES string of the molecule is CC(C)N(C(=O)O[C@H]1O[C@H]1CCS(=O)(=O)c1nnnn1-c1ccccc1)C(C)C. The van der Waals surface area contributed by atoms with Gasteiger partial charge in [0, 0.05) is 12.1 Å². The summed E-state index contributed by atoms with van der Waals surface area (Å²) in [5.74, 6) is -0.225. The molecular weight excluding hydrogens is 398 g/mol. The summed E-state index contributed by atoms with van der Waals surface area (Å²) >= 11 is 0. The number of nitrogens with zero attached hydrogens (tertiary/aromatic N) is 5. The molecule has 3 rings (SSSR count). The standard InChI is InChI=1S/C18H25N5O5S/c1-12(2)22(13(3)4)18(24)28-16-15(27-16)10-11-29(25,26)17-19-20-21-23(17)14-8-6-5-7-9-14/h5-9,12-13,15-16H,10-11H2,1-4H3/t15-,16+/m0/s1. The van der Waals surface area contributed by atoms with Gasteiger partial charge in [0.25, 0.3) is 5.16 Å². The van der Waals surface area contributed by atoms with E-state index in [0.29, 0.717) is 5.69 Å². The largest absolute Gasteiger partial charge is 0.417 e. The zero-order valence-corrected chi connectivity index (χ0v) is 17.6. The van der Waals surface area contributed by atoms with Crippen molar-refractivity contribution < 1.29 is 22.7 Å². The first-order valence-corrected chi connectivity index (χ1v) is 11.1. The van der Waals surface area contributed by atoms with E-state index in [1.807, 2.05) is 33.8 Å². The second-order valence-corrected chi connectivity index (χ2v) is 9.34. The number of ether oxygens (including phenoxy) is 2.